The Labute approximate surface area is 199 Å². The van der Waals surface area contributed by atoms with E-state index in [1.165, 1.54) is 14.2 Å². The van der Waals surface area contributed by atoms with Crippen LogP contribution in [0.3, 0.4) is 0 Å². The second-order valence-electron chi connectivity index (χ2n) is 7.97. The number of fused-ring (bicyclic) bond motifs is 4. The number of carbonyl (C=O) groups is 2. The molecule has 0 fully saturated rings. The van der Waals surface area contributed by atoms with Crippen molar-refractivity contribution in [2.24, 2.45) is 5.92 Å². The second kappa shape index (κ2) is 7.88. The first-order valence-corrected chi connectivity index (χ1v) is 10.5. The van der Waals surface area contributed by atoms with Crippen molar-refractivity contribution < 1.29 is 28.9 Å². The highest BCUT2D eigenvalue weighted by Gasteiger charge is 2.64. The second-order valence-corrected chi connectivity index (χ2v) is 7.97. The van der Waals surface area contributed by atoms with Gasteiger partial charge in [-0.15, -0.1) is 5.10 Å². The van der Waals surface area contributed by atoms with Crippen LogP contribution in [0.15, 0.2) is 42.5 Å². The van der Waals surface area contributed by atoms with Crippen LogP contribution >= 0.6 is 0 Å². The van der Waals surface area contributed by atoms with E-state index in [-0.39, 0.29) is 11.4 Å². The van der Waals surface area contributed by atoms with Crippen molar-refractivity contribution >= 4 is 23.5 Å². The number of aliphatic carboxylic acids is 1. The van der Waals surface area contributed by atoms with E-state index in [2.05, 4.69) is 10.2 Å². The molecule has 35 heavy (non-hydrogen) atoms. The third kappa shape index (κ3) is 2.90. The number of carboxylic acid groups (broad SMARTS) is 1. The molecule has 0 radical (unpaired) electrons. The molecular formula is C24H18N5O6-. The Hall–Kier alpha value is -4.85. The van der Waals surface area contributed by atoms with E-state index in [0.29, 0.717) is 34.0 Å². The van der Waals surface area contributed by atoms with Crippen LogP contribution in [0.1, 0.15) is 11.1 Å². The number of nitrogens with zero attached hydrogens (tertiary/aromatic N) is 3. The van der Waals surface area contributed by atoms with Gasteiger partial charge >= 0.3 is 0 Å². The number of anilines is 1. The van der Waals surface area contributed by atoms with Gasteiger partial charge in [0.25, 0.3) is 0 Å². The summed E-state index contributed by atoms with van der Waals surface area (Å²) in [6.07, 6.45) is 0. The number of methoxy groups -OCH3 is 2. The summed E-state index contributed by atoms with van der Waals surface area (Å²) in [4.78, 5) is 26.7. The molecule has 2 unspecified atom stereocenters. The Morgan fingerprint density at radius 2 is 2.03 bits per heavy atom. The van der Waals surface area contributed by atoms with E-state index in [0.717, 1.165) is 4.90 Å². The highest BCUT2D eigenvalue weighted by atomic mass is 16.5. The van der Waals surface area contributed by atoms with Gasteiger partial charge in [-0.1, -0.05) is 18.2 Å². The Morgan fingerprint density at radius 1 is 1.29 bits per heavy atom. The minimum atomic E-state index is -1.78. The molecule has 11 nitrogen and oxygen atoms in total. The van der Waals surface area contributed by atoms with Crippen molar-refractivity contribution in [3.8, 4) is 34.7 Å². The molecule has 3 heterocycles. The van der Waals surface area contributed by atoms with Crippen LogP contribution in [0.2, 0.25) is 0 Å². The maximum atomic E-state index is 14.1. The fourth-order valence-corrected chi connectivity index (χ4v) is 4.91. The molecule has 1 aromatic heterocycles. The zero-order valence-electron chi connectivity index (χ0n) is 18.6. The molecule has 0 aliphatic carbocycles. The van der Waals surface area contributed by atoms with Gasteiger partial charge < -0.3 is 29.0 Å². The summed E-state index contributed by atoms with van der Waals surface area (Å²) in [6.45, 7) is -0.719. The summed E-state index contributed by atoms with van der Waals surface area (Å²) in [6, 6.07) is 13.7. The summed E-state index contributed by atoms with van der Waals surface area (Å²) in [5.41, 5.74) is 0.0316. The van der Waals surface area contributed by atoms with Crippen LogP contribution < -0.4 is 24.2 Å². The van der Waals surface area contributed by atoms with Gasteiger partial charge in [-0.2, -0.15) is 5.26 Å². The predicted molar refractivity (Wildman–Crippen MR) is 119 cm³/mol. The lowest BCUT2D eigenvalue weighted by molar-refractivity contribution is -0.303. The molecule has 1 amide bonds. The molecule has 0 bridgehead atoms. The monoisotopic (exact) mass is 472 g/mol. The lowest BCUT2D eigenvalue weighted by Gasteiger charge is -2.36. The summed E-state index contributed by atoms with van der Waals surface area (Å²) in [7, 11) is 2.98. The smallest absolute Gasteiger partial charge is 0.244 e. The van der Waals surface area contributed by atoms with Gasteiger partial charge in [0.2, 0.25) is 17.7 Å². The third-order valence-electron chi connectivity index (χ3n) is 6.32. The van der Waals surface area contributed by atoms with Gasteiger partial charge in [0.15, 0.2) is 11.5 Å². The van der Waals surface area contributed by atoms with Crippen LogP contribution in [0.25, 0.3) is 11.3 Å². The first kappa shape index (κ1) is 22.0. The number of nitriles is 1. The molecule has 11 heteroatoms. The van der Waals surface area contributed by atoms with E-state index >= 15 is 0 Å². The number of para-hydroxylation sites is 1. The first-order chi connectivity index (χ1) is 16.9. The van der Waals surface area contributed by atoms with Gasteiger partial charge in [0.1, 0.15) is 11.3 Å². The number of hydrogen-bond donors (Lipinski definition) is 2. The highest BCUT2D eigenvalue weighted by Crippen LogP contribution is 2.57. The predicted octanol–water partition coefficient (Wildman–Crippen LogP) is 0.986. The topological polar surface area (TPSA) is 164 Å². The quantitative estimate of drug-likeness (QED) is 0.555. The van der Waals surface area contributed by atoms with Crippen molar-refractivity contribution in [3.05, 3.63) is 53.6 Å². The maximum absolute atomic E-state index is 14.1. The number of aromatic nitrogens is 2. The van der Waals surface area contributed by atoms with E-state index in [9.17, 15) is 20.0 Å². The van der Waals surface area contributed by atoms with Crippen molar-refractivity contribution in [2.75, 3.05) is 25.7 Å². The maximum Gasteiger partial charge on any atom is 0.244 e. The van der Waals surface area contributed by atoms with Crippen molar-refractivity contribution in [3.63, 3.8) is 0 Å². The number of H-pyrrole nitrogens is 1. The molecular weight excluding hydrogens is 454 g/mol. The number of rotatable bonds is 5. The van der Waals surface area contributed by atoms with Crippen molar-refractivity contribution in [1.82, 2.24) is 10.2 Å². The SMILES string of the molecule is COc1ccc(-c2[nH]nc3c2C2(C(=O)N(CC(=O)[O-])c4ccccc42)C(C#N)C(=N)O3)cc1OC. The molecule has 0 saturated heterocycles. The van der Waals surface area contributed by atoms with Crippen LogP contribution in [-0.2, 0) is 15.0 Å². The van der Waals surface area contributed by atoms with Crippen LogP contribution in [-0.4, -0.2) is 48.7 Å². The van der Waals surface area contributed by atoms with Gasteiger partial charge in [0, 0.05) is 11.3 Å². The molecule has 1 spiro atoms. The lowest BCUT2D eigenvalue weighted by atomic mass is 9.65. The fourth-order valence-electron chi connectivity index (χ4n) is 4.91. The molecule has 2 aliphatic rings. The number of hydrogen-bond acceptors (Lipinski definition) is 9. The Morgan fingerprint density at radius 3 is 2.71 bits per heavy atom. The summed E-state index contributed by atoms with van der Waals surface area (Å²) in [5, 5.41) is 37.1. The number of carboxylic acids is 1. The van der Waals surface area contributed by atoms with E-state index in [4.69, 9.17) is 19.6 Å². The molecule has 2 aliphatic heterocycles. The van der Waals surface area contributed by atoms with E-state index < -0.39 is 35.7 Å². The van der Waals surface area contributed by atoms with Gasteiger partial charge in [-0.05, 0) is 29.8 Å². The average Bonchev–Trinajstić information content (AvgIpc) is 3.38. The summed E-state index contributed by atoms with van der Waals surface area (Å²) >= 11 is 0. The fraction of sp³-hybridized carbons (Fsp3) is 0.208. The largest absolute Gasteiger partial charge is 0.548 e. The minimum absolute atomic E-state index is 0.0512. The molecule has 3 aromatic rings. The van der Waals surface area contributed by atoms with Crippen LogP contribution in [0, 0.1) is 22.7 Å². The van der Waals surface area contributed by atoms with Crippen molar-refractivity contribution in [2.45, 2.75) is 5.41 Å². The van der Waals surface area contributed by atoms with Gasteiger partial charge in [0.05, 0.1) is 44.1 Å². The standard InChI is InChI=1S/C24H19N5O6/c1-33-16-8-7-12(9-17(16)34-2)20-19-22(28-27-20)35-21(26)14(10-25)24(19)13-5-3-4-6-15(13)29(23(24)32)11-18(30)31/h3-9,14,26H,11H2,1-2H3,(H,27,28)(H,30,31)/p-1. The summed E-state index contributed by atoms with van der Waals surface area (Å²) in [5.74, 6) is -3.16. The zero-order valence-corrected chi connectivity index (χ0v) is 18.6. The van der Waals surface area contributed by atoms with E-state index in [1.807, 2.05) is 6.07 Å². The van der Waals surface area contributed by atoms with Crippen LogP contribution in [0.5, 0.6) is 17.4 Å². The van der Waals surface area contributed by atoms with Crippen LogP contribution in [0.4, 0.5) is 5.69 Å². The highest BCUT2D eigenvalue weighted by molar-refractivity contribution is 6.16. The molecule has 2 N–H and O–H groups in total. The molecule has 176 valence electrons. The average molecular weight is 472 g/mol. The normalized spacial score (nSPS) is 20.1. The number of benzene rings is 2. The van der Waals surface area contributed by atoms with Crippen molar-refractivity contribution in [1.29, 1.82) is 10.7 Å². The third-order valence-corrected chi connectivity index (χ3v) is 6.32. The molecule has 2 aromatic carbocycles. The van der Waals surface area contributed by atoms with Gasteiger partial charge in [-0.3, -0.25) is 15.3 Å². The number of carbonyl (C=O) groups excluding carboxylic acids is 2. The Kier molecular flexibility index (Phi) is 4.94. The minimum Gasteiger partial charge on any atom is -0.548 e. The molecule has 5 rings (SSSR count). The number of amides is 1. The lowest BCUT2D eigenvalue weighted by Crippen LogP contribution is -2.53. The Bertz CT molecular complexity index is 1440. The zero-order chi connectivity index (χ0) is 24.9. The number of ether oxygens (including phenoxy) is 3. The molecule has 0 saturated carbocycles. The van der Waals surface area contributed by atoms with E-state index in [1.54, 1.807) is 42.5 Å². The van der Waals surface area contributed by atoms with Gasteiger partial charge in [-0.25, -0.2) is 0 Å². The number of aromatic amines is 1. The molecule has 2 atom stereocenters. The Balaban J connectivity index is 1.84. The number of nitrogens with one attached hydrogen (secondary N) is 2. The summed E-state index contributed by atoms with van der Waals surface area (Å²) < 4.78 is 16.3. The first-order valence-electron chi connectivity index (χ1n) is 10.5.